The average molecular weight is 664 g/mol. The topological polar surface area (TPSA) is 157 Å². The molecule has 3 aliphatic heterocycles. The number of phenolic OH excluding ortho intramolecular Hbond substituents is 2. The number of phenols is 2. The summed E-state index contributed by atoms with van der Waals surface area (Å²) in [6.07, 6.45) is 3.19. The van der Waals surface area contributed by atoms with Gasteiger partial charge in [-0.15, -0.1) is 0 Å². The smallest absolute Gasteiger partial charge is 0.350 e. The van der Waals surface area contributed by atoms with E-state index in [0.717, 1.165) is 72.7 Å². The molecule has 0 bridgehead atoms. The Morgan fingerprint density at radius 3 is 1.70 bits per heavy atom. The van der Waals surface area contributed by atoms with E-state index in [-0.39, 0.29) is 65.3 Å². The quantitative estimate of drug-likeness (QED) is 0.0787. The zero-order valence-corrected chi connectivity index (χ0v) is 26.9. The van der Waals surface area contributed by atoms with E-state index in [1.807, 2.05) is 19.9 Å². The first-order valence-corrected chi connectivity index (χ1v) is 16.7. The van der Waals surface area contributed by atoms with E-state index < -0.39 is 23.8 Å². The minimum absolute atomic E-state index is 0.0155. The van der Waals surface area contributed by atoms with Crippen molar-refractivity contribution in [3.8, 4) is 17.6 Å². The molecule has 0 aromatic heterocycles. The first kappa shape index (κ1) is 32.7. The van der Waals surface area contributed by atoms with Gasteiger partial charge in [-0.3, -0.25) is 9.59 Å². The predicted molar refractivity (Wildman–Crippen MR) is 163 cm³/mol. The number of ether oxygens (including phenoxy) is 2. The van der Waals surface area contributed by atoms with Crippen LogP contribution in [0.3, 0.4) is 0 Å². The summed E-state index contributed by atoms with van der Waals surface area (Å²) < 4.78 is 10.5. The second-order valence-corrected chi connectivity index (χ2v) is 14.1. The summed E-state index contributed by atoms with van der Waals surface area (Å²) in [7, 11) is 0. The highest BCUT2D eigenvalue weighted by atomic mass is 32.2. The van der Waals surface area contributed by atoms with E-state index in [9.17, 15) is 34.7 Å². The van der Waals surface area contributed by atoms with Gasteiger partial charge in [-0.25, -0.2) is 19.6 Å². The number of hydrogen-bond acceptors (Lipinski definition) is 13. The molecule has 0 radical (unpaired) electrons. The van der Waals surface area contributed by atoms with Gasteiger partial charge in [0.2, 0.25) is 0 Å². The third-order valence-electron chi connectivity index (χ3n) is 6.31. The zero-order chi connectivity index (χ0) is 31.4. The summed E-state index contributed by atoms with van der Waals surface area (Å²) in [6, 6.07) is 1.81. The van der Waals surface area contributed by atoms with Crippen molar-refractivity contribution >= 4 is 70.8 Å². The Morgan fingerprint density at radius 1 is 0.837 bits per heavy atom. The van der Waals surface area contributed by atoms with Crippen molar-refractivity contribution in [3.63, 3.8) is 0 Å². The lowest BCUT2D eigenvalue weighted by Gasteiger charge is -2.27. The maximum Gasteiger partial charge on any atom is 0.350 e. The van der Waals surface area contributed by atoms with E-state index in [1.54, 1.807) is 0 Å². The maximum absolute atomic E-state index is 13.4. The molecule has 2 N–H and O–H groups in total. The molecule has 1 aromatic carbocycles. The van der Waals surface area contributed by atoms with Crippen molar-refractivity contribution in [2.24, 2.45) is 0 Å². The summed E-state index contributed by atoms with van der Waals surface area (Å²) >= 11 is 3.93. The lowest BCUT2D eigenvalue weighted by Crippen LogP contribution is -2.42. The molecule has 3 aliphatic rings. The van der Waals surface area contributed by atoms with Gasteiger partial charge in [-0.05, 0) is 19.8 Å². The van der Waals surface area contributed by atoms with E-state index in [2.05, 4.69) is 6.58 Å². The van der Waals surface area contributed by atoms with Crippen LogP contribution in [0.1, 0.15) is 46.5 Å². The Kier molecular flexibility index (Phi) is 10.7. The van der Waals surface area contributed by atoms with Gasteiger partial charge in [0.15, 0.2) is 5.57 Å². The molecule has 15 heteroatoms. The van der Waals surface area contributed by atoms with Crippen molar-refractivity contribution in [1.82, 2.24) is 10.0 Å². The number of carbonyl (C=O) groups excluding carboxylic acids is 4. The second kappa shape index (κ2) is 14.1. The molecular weight excluding hydrogens is 635 g/mol. The van der Waals surface area contributed by atoms with Crippen molar-refractivity contribution < 1.29 is 38.9 Å². The number of thioether (sulfide) groups is 4. The van der Waals surface area contributed by atoms with Crippen LogP contribution in [0.5, 0.6) is 11.5 Å². The van der Waals surface area contributed by atoms with Gasteiger partial charge in [0.1, 0.15) is 36.4 Å². The van der Waals surface area contributed by atoms with Crippen molar-refractivity contribution in [1.29, 1.82) is 5.26 Å². The number of aromatic hydroxyl groups is 2. The minimum Gasteiger partial charge on any atom is -0.505 e. The summed E-state index contributed by atoms with van der Waals surface area (Å²) in [5.74, 6) is -2.76. The third-order valence-corrected chi connectivity index (χ3v) is 11.5. The number of fused-ring (bicyclic) bond motifs is 2. The summed E-state index contributed by atoms with van der Waals surface area (Å²) in [5.41, 5.74) is -0.124. The number of nitriles is 1. The number of amides is 2. The Bertz CT molecular complexity index is 1440. The van der Waals surface area contributed by atoms with Crippen LogP contribution in [-0.2, 0) is 28.7 Å². The van der Waals surface area contributed by atoms with Crippen LogP contribution in [0.15, 0.2) is 51.4 Å². The van der Waals surface area contributed by atoms with Gasteiger partial charge in [0.05, 0.1) is 28.1 Å². The van der Waals surface area contributed by atoms with E-state index in [4.69, 9.17) is 9.47 Å². The van der Waals surface area contributed by atoms with Crippen molar-refractivity contribution in [2.75, 3.05) is 26.3 Å². The molecule has 3 heterocycles. The maximum atomic E-state index is 13.4. The van der Waals surface area contributed by atoms with Gasteiger partial charge in [0.25, 0.3) is 11.8 Å². The van der Waals surface area contributed by atoms with E-state index >= 15 is 0 Å². The number of esters is 2. The molecule has 0 unspecified atom stereocenters. The molecule has 1 saturated heterocycles. The monoisotopic (exact) mass is 663 g/mol. The Labute approximate surface area is 265 Å². The molecule has 0 aliphatic carbocycles. The lowest BCUT2D eigenvalue weighted by molar-refractivity contribution is -0.147. The molecule has 43 heavy (non-hydrogen) atoms. The van der Waals surface area contributed by atoms with Gasteiger partial charge < -0.3 is 19.7 Å². The van der Waals surface area contributed by atoms with Gasteiger partial charge >= 0.3 is 11.9 Å². The first-order chi connectivity index (χ1) is 20.5. The molecule has 0 spiro atoms. The van der Waals surface area contributed by atoms with Gasteiger partial charge in [-0.2, -0.15) is 5.26 Å². The fourth-order valence-electron chi connectivity index (χ4n) is 4.07. The molecular formula is C28H29N3O8S4. The number of carbonyl (C=O) groups is 4. The fraction of sp³-hybridized carbons (Fsp3) is 0.393. The van der Waals surface area contributed by atoms with E-state index in [0.29, 0.717) is 17.3 Å². The number of hydrogen-bond donors (Lipinski definition) is 2. The number of hydrazine groups is 1. The largest absolute Gasteiger partial charge is 0.505 e. The molecule has 1 aromatic rings. The molecule has 228 valence electrons. The van der Waals surface area contributed by atoms with Crippen LogP contribution in [0.4, 0.5) is 0 Å². The Morgan fingerprint density at radius 2 is 1.28 bits per heavy atom. The molecule has 11 nitrogen and oxygen atoms in total. The van der Waals surface area contributed by atoms with E-state index in [1.165, 1.54) is 16.9 Å². The fourth-order valence-corrected chi connectivity index (χ4v) is 9.35. The highest BCUT2D eigenvalue weighted by Gasteiger charge is 2.45. The van der Waals surface area contributed by atoms with Gasteiger partial charge in [-0.1, -0.05) is 80.3 Å². The number of nitrogens with zero attached hydrogens (tertiary/aromatic N) is 3. The Balaban J connectivity index is 1.57. The van der Waals surface area contributed by atoms with Crippen LogP contribution in [0.2, 0.25) is 0 Å². The van der Waals surface area contributed by atoms with Gasteiger partial charge in [0, 0.05) is 18.7 Å². The van der Waals surface area contributed by atoms with Crippen LogP contribution >= 0.6 is 47.0 Å². The second-order valence-electron chi connectivity index (χ2n) is 9.47. The standard InChI is InChI=1S/C28H29N3O8S4/c1-5-7-9-30-23(34)16(24(35)31(30)10-8-6-2)28-42-21-17(32)19-20(18(33)22(21)43-28)41-27(40-19)15(13-29)26(37)39-12-11-38-25(36)14(3)4/h32-33H,3,5-12H2,1-2,4H3. The average Bonchev–Trinajstić information content (AvgIpc) is 3.67. The lowest BCUT2D eigenvalue weighted by atomic mass is 10.3. The summed E-state index contributed by atoms with van der Waals surface area (Å²) in [4.78, 5) is 51.9. The molecule has 0 atom stereocenters. The highest BCUT2D eigenvalue weighted by molar-refractivity contribution is 8.26. The van der Waals surface area contributed by atoms with Crippen LogP contribution in [0, 0.1) is 11.3 Å². The van der Waals surface area contributed by atoms with Crippen LogP contribution in [0.25, 0.3) is 0 Å². The third kappa shape index (κ3) is 6.52. The number of benzene rings is 1. The zero-order valence-electron chi connectivity index (χ0n) is 23.7. The van der Waals surface area contributed by atoms with Crippen molar-refractivity contribution in [2.45, 2.75) is 66.0 Å². The molecule has 0 saturated carbocycles. The molecule has 2 amide bonds. The SMILES string of the molecule is C=C(C)C(=O)OCCOC(=O)C(C#N)=C1Sc2c(O)c3c(c(O)c2S1)SC(=C1C(=O)N(CCCC)N(CCCC)C1=O)S3. The predicted octanol–water partition coefficient (Wildman–Crippen LogP) is 5.29. The summed E-state index contributed by atoms with van der Waals surface area (Å²) in [5, 5.41) is 35.0. The normalized spacial score (nSPS) is 15.5. The highest BCUT2D eigenvalue weighted by Crippen LogP contribution is 2.68. The Hall–Kier alpha value is -3.19. The van der Waals surface area contributed by atoms with Crippen molar-refractivity contribution in [3.05, 3.63) is 31.8 Å². The molecule has 1 fully saturated rings. The number of unbranched alkanes of at least 4 members (excludes halogenated alkanes) is 2. The molecule has 4 rings (SSSR count). The summed E-state index contributed by atoms with van der Waals surface area (Å²) in [6.45, 7) is 9.28. The first-order valence-electron chi connectivity index (χ1n) is 13.4. The number of rotatable bonds is 11. The van der Waals surface area contributed by atoms with Crippen LogP contribution < -0.4 is 0 Å². The minimum atomic E-state index is -0.947. The van der Waals surface area contributed by atoms with Crippen LogP contribution in [-0.4, -0.2) is 70.3 Å².